The quantitative estimate of drug-likeness (QED) is 0.248. The average molecular weight is 366 g/mol. The number of hydrogen-bond acceptors (Lipinski definition) is 5. The van der Waals surface area contributed by atoms with E-state index < -0.39 is 0 Å². The van der Waals surface area contributed by atoms with Crippen LogP contribution >= 0.6 is 0 Å². The molecule has 6 nitrogen and oxygen atoms in total. The largest absolute Gasteiger partial charge is 0.384 e. The van der Waals surface area contributed by atoms with Crippen molar-refractivity contribution in [1.82, 2.24) is 10.3 Å². The zero-order valence-electron chi connectivity index (χ0n) is 15.9. The smallest absolute Gasteiger partial charge is 0.280 e. The number of nitrogens with one attached hydrogen (secondary N) is 2. The van der Waals surface area contributed by atoms with E-state index in [1.54, 1.807) is 6.07 Å². The summed E-state index contributed by atoms with van der Waals surface area (Å²) in [4.78, 5) is 15.8. The van der Waals surface area contributed by atoms with Crippen molar-refractivity contribution >= 4 is 33.2 Å². The van der Waals surface area contributed by atoms with Crippen LogP contribution in [-0.2, 0) is 0 Å². The van der Waals surface area contributed by atoms with E-state index >= 15 is 0 Å². The minimum Gasteiger partial charge on any atom is -0.384 e. The second kappa shape index (κ2) is 8.77. The van der Waals surface area contributed by atoms with Gasteiger partial charge in [0, 0.05) is 18.0 Å². The van der Waals surface area contributed by atoms with E-state index in [2.05, 4.69) is 29.5 Å². The van der Waals surface area contributed by atoms with Crippen molar-refractivity contribution < 1.29 is 4.92 Å². The molecule has 0 aliphatic carbocycles. The van der Waals surface area contributed by atoms with Crippen molar-refractivity contribution in [3.05, 3.63) is 52.6 Å². The molecular weight excluding hydrogens is 340 g/mol. The van der Waals surface area contributed by atoms with Gasteiger partial charge in [0.25, 0.3) is 5.69 Å². The van der Waals surface area contributed by atoms with Crippen LogP contribution in [0.2, 0.25) is 0 Å². The van der Waals surface area contributed by atoms with E-state index in [0.29, 0.717) is 16.8 Å². The highest BCUT2D eigenvalue weighted by atomic mass is 16.6. The molecule has 27 heavy (non-hydrogen) atoms. The second-order valence-electron chi connectivity index (χ2n) is 7.15. The van der Waals surface area contributed by atoms with Crippen LogP contribution < -0.4 is 10.6 Å². The van der Waals surface area contributed by atoms with Gasteiger partial charge < -0.3 is 10.6 Å². The molecular formula is C21H26N4O2. The van der Waals surface area contributed by atoms with Gasteiger partial charge in [0.05, 0.1) is 21.6 Å². The second-order valence-corrected chi connectivity index (χ2v) is 7.15. The van der Waals surface area contributed by atoms with Crippen LogP contribution in [-0.4, -0.2) is 29.5 Å². The van der Waals surface area contributed by atoms with Gasteiger partial charge >= 0.3 is 0 Å². The van der Waals surface area contributed by atoms with E-state index in [0.717, 1.165) is 42.6 Å². The van der Waals surface area contributed by atoms with Gasteiger partial charge in [-0.25, -0.2) is 4.98 Å². The number of non-ortho nitro benzene ring substituents is 1. The lowest BCUT2D eigenvalue weighted by Crippen LogP contribution is -2.20. The van der Waals surface area contributed by atoms with E-state index in [9.17, 15) is 10.1 Å². The first-order chi connectivity index (χ1) is 13.1. The van der Waals surface area contributed by atoms with Crippen LogP contribution in [0.25, 0.3) is 21.8 Å². The molecule has 0 saturated heterocycles. The number of nitrogens with zero attached hydrogens (tertiary/aromatic N) is 2. The third-order valence-corrected chi connectivity index (χ3v) is 4.61. The lowest BCUT2D eigenvalue weighted by Gasteiger charge is -2.13. The molecule has 1 aromatic heterocycles. The summed E-state index contributed by atoms with van der Waals surface area (Å²) in [6, 6.07) is 12.8. The highest BCUT2D eigenvalue weighted by Crippen LogP contribution is 2.36. The van der Waals surface area contributed by atoms with Gasteiger partial charge in [-0.2, -0.15) is 0 Å². The number of para-hydroxylation sites is 1. The van der Waals surface area contributed by atoms with Crippen LogP contribution in [0, 0.1) is 16.0 Å². The number of aromatic nitrogens is 1. The molecule has 1 heterocycles. The van der Waals surface area contributed by atoms with Gasteiger partial charge in [-0.1, -0.05) is 38.1 Å². The Bertz CT molecular complexity index is 940. The molecule has 2 aromatic carbocycles. The summed E-state index contributed by atoms with van der Waals surface area (Å²) >= 11 is 0. The molecule has 2 N–H and O–H groups in total. The number of benzene rings is 2. The molecule has 0 fully saturated rings. The molecule has 0 spiro atoms. The summed E-state index contributed by atoms with van der Waals surface area (Å²) < 4.78 is 0. The maximum absolute atomic E-state index is 11.5. The van der Waals surface area contributed by atoms with Crippen molar-refractivity contribution in [1.29, 1.82) is 0 Å². The molecule has 0 aliphatic heterocycles. The molecule has 142 valence electrons. The topological polar surface area (TPSA) is 80.1 Å². The first-order valence-electron chi connectivity index (χ1n) is 9.48. The Hall–Kier alpha value is -2.73. The Morgan fingerprint density at radius 1 is 1.04 bits per heavy atom. The Kier molecular flexibility index (Phi) is 6.19. The standard InChI is InChI=1S/C21H26N4O2/c1-15(2)11-14-22-12-6-13-23-21-16-7-3-4-8-17(16)24-18-9-5-10-19(20(18)21)25(26)27/h3-5,7-10,15,22H,6,11-14H2,1-2H3,(H,23,24). The summed E-state index contributed by atoms with van der Waals surface area (Å²) in [7, 11) is 0. The lowest BCUT2D eigenvalue weighted by atomic mass is 10.1. The predicted molar refractivity (Wildman–Crippen MR) is 111 cm³/mol. The van der Waals surface area contributed by atoms with Crippen molar-refractivity contribution in [2.24, 2.45) is 5.92 Å². The fourth-order valence-electron chi connectivity index (χ4n) is 3.20. The summed E-state index contributed by atoms with van der Waals surface area (Å²) in [6.45, 7) is 7.11. The van der Waals surface area contributed by atoms with E-state index in [4.69, 9.17) is 0 Å². The fourth-order valence-corrected chi connectivity index (χ4v) is 3.20. The Balaban J connectivity index is 1.84. The van der Waals surface area contributed by atoms with Gasteiger partial charge in [-0.15, -0.1) is 0 Å². The van der Waals surface area contributed by atoms with E-state index in [1.165, 1.54) is 12.5 Å². The zero-order valence-corrected chi connectivity index (χ0v) is 15.9. The first kappa shape index (κ1) is 19.0. The number of pyridine rings is 1. The van der Waals surface area contributed by atoms with Gasteiger partial charge in [-0.05, 0) is 44.0 Å². The summed E-state index contributed by atoms with van der Waals surface area (Å²) in [5, 5.41) is 19.9. The van der Waals surface area contributed by atoms with Gasteiger partial charge in [0.2, 0.25) is 0 Å². The predicted octanol–water partition coefficient (Wildman–Crippen LogP) is 4.73. The molecule has 3 aromatic rings. The van der Waals surface area contributed by atoms with Crippen LogP contribution in [0.5, 0.6) is 0 Å². The van der Waals surface area contributed by atoms with Crippen LogP contribution in [0.15, 0.2) is 42.5 Å². The minimum atomic E-state index is -0.336. The Labute approximate surface area is 159 Å². The van der Waals surface area contributed by atoms with E-state index in [1.807, 2.05) is 30.3 Å². The summed E-state index contributed by atoms with van der Waals surface area (Å²) in [5.74, 6) is 0.700. The third kappa shape index (κ3) is 4.52. The van der Waals surface area contributed by atoms with Crippen molar-refractivity contribution in [3.63, 3.8) is 0 Å². The lowest BCUT2D eigenvalue weighted by molar-refractivity contribution is -0.383. The van der Waals surface area contributed by atoms with Crippen LogP contribution in [0.4, 0.5) is 11.4 Å². The monoisotopic (exact) mass is 366 g/mol. The number of nitro groups is 1. The van der Waals surface area contributed by atoms with Crippen LogP contribution in [0.3, 0.4) is 0 Å². The Morgan fingerprint density at radius 2 is 1.81 bits per heavy atom. The van der Waals surface area contributed by atoms with Crippen molar-refractivity contribution in [2.75, 3.05) is 25.0 Å². The Morgan fingerprint density at radius 3 is 2.59 bits per heavy atom. The molecule has 0 amide bonds. The van der Waals surface area contributed by atoms with Crippen molar-refractivity contribution in [3.8, 4) is 0 Å². The van der Waals surface area contributed by atoms with Gasteiger partial charge in [0.1, 0.15) is 5.39 Å². The third-order valence-electron chi connectivity index (χ3n) is 4.61. The zero-order chi connectivity index (χ0) is 19.2. The number of anilines is 1. The summed E-state index contributed by atoms with van der Waals surface area (Å²) in [5.41, 5.74) is 2.36. The molecule has 0 saturated carbocycles. The number of hydrogen-bond donors (Lipinski definition) is 2. The summed E-state index contributed by atoms with van der Waals surface area (Å²) in [6.07, 6.45) is 2.11. The molecule has 0 aliphatic rings. The fraction of sp³-hybridized carbons (Fsp3) is 0.381. The molecule has 0 bridgehead atoms. The van der Waals surface area contributed by atoms with E-state index in [-0.39, 0.29) is 10.6 Å². The van der Waals surface area contributed by atoms with Gasteiger partial charge in [0.15, 0.2) is 0 Å². The normalized spacial score (nSPS) is 11.4. The maximum atomic E-state index is 11.5. The number of fused-ring (bicyclic) bond motifs is 2. The number of nitro benzene ring substituents is 1. The SMILES string of the molecule is CC(C)CCNCCCNc1c2ccccc2nc2cccc([N+](=O)[O-])c12. The molecule has 0 radical (unpaired) electrons. The number of rotatable bonds is 9. The first-order valence-corrected chi connectivity index (χ1v) is 9.48. The average Bonchev–Trinajstić information content (AvgIpc) is 2.65. The molecule has 6 heteroatoms. The maximum Gasteiger partial charge on any atom is 0.280 e. The molecule has 3 rings (SSSR count). The van der Waals surface area contributed by atoms with Crippen LogP contribution in [0.1, 0.15) is 26.7 Å². The highest BCUT2D eigenvalue weighted by Gasteiger charge is 2.18. The minimum absolute atomic E-state index is 0.0864. The molecule has 0 atom stereocenters. The molecule has 0 unspecified atom stereocenters. The van der Waals surface area contributed by atoms with Gasteiger partial charge in [-0.3, -0.25) is 10.1 Å². The highest BCUT2D eigenvalue weighted by molar-refractivity contribution is 6.11. The van der Waals surface area contributed by atoms with Crippen molar-refractivity contribution in [2.45, 2.75) is 26.7 Å².